The Hall–Kier alpha value is -2.56. The molecule has 3 aliphatic carbocycles. The van der Waals surface area contributed by atoms with E-state index >= 15 is 0 Å². The molecule has 4 rings (SSSR count). The lowest BCUT2D eigenvalue weighted by Gasteiger charge is -2.28. The highest BCUT2D eigenvalue weighted by atomic mass is 16.6. The summed E-state index contributed by atoms with van der Waals surface area (Å²) < 4.78 is 5.65. The fraction of sp³-hybridized carbons (Fsp3) is 0.500. The minimum absolute atomic E-state index is 0.0906. The van der Waals surface area contributed by atoms with E-state index in [1.54, 1.807) is 7.05 Å². The average Bonchev–Trinajstić information content (AvgIpc) is 3.36. The number of aliphatic carboxylic acids is 1. The highest BCUT2D eigenvalue weighted by molar-refractivity contribution is 5.79. The van der Waals surface area contributed by atoms with Crippen molar-refractivity contribution in [3.63, 3.8) is 0 Å². The molecule has 1 N–H and O–H groups in total. The summed E-state index contributed by atoms with van der Waals surface area (Å²) in [6.45, 7) is 0.259. The SMILES string of the molecule is CN(C(=O)OCC1c2ccccc2C2C=CC=CC21)[C@@H](CC1CCCC1)C(=O)O. The smallest absolute Gasteiger partial charge is 0.410 e. The number of carboxylic acids is 1. The van der Waals surface area contributed by atoms with Crippen molar-refractivity contribution in [1.29, 1.82) is 0 Å². The molecule has 29 heavy (non-hydrogen) atoms. The maximum absolute atomic E-state index is 12.7. The van der Waals surface area contributed by atoms with Crippen molar-refractivity contribution >= 4 is 12.1 Å². The van der Waals surface area contributed by atoms with Gasteiger partial charge in [-0.25, -0.2) is 9.59 Å². The van der Waals surface area contributed by atoms with Gasteiger partial charge in [0.25, 0.3) is 0 Å². The Morgan fingerprint density at radius 1 is 1.14 bits per heavy atom. The van der Waals surface area contributed by atoms with Crippen molar-refractivity contribution in [3.8, 4) is 0 Å². The van der Waals surface area contributed by atoms with Gasteiger partial charge < -0.3 is 9.84 Å². The van der Waals surface area contributed by atoms with Gasteiger partial charge in [-0.3, -0.25) is 4.90 Å². The van der Waals surface area contributed by atoms with E-state index in [2.05, 4.69) is 36.4 Å². The van der Waals surface area contributed by atoms with Crippen molar-refractivity contribution in [2.24, 2.45) is 11.8 Å². The van der Waals surface area contributed by atoms with E-state index in [0.29, 0.717) is 18.3 Å². The first-order valence-corrected chi connectivity index (χ1v) is 10.6. The second-order valence-corrected chi connectivity index (χ2v) is 8.54. The Kier molecular flexibility index (Phi) is 5.74. The van der Waals surface area contributed by atoms with Crippen LogP contribution in [0, 0.1) is 11.8 Å². The maximum atomic E-state index is 12.7. The van der Waals surface area contributed by atoms with Crippen LogP contribution in [0.15, 0.2) is 48.6 Å². The second kappa shape index (κ2) is 8.44. The Balaban J connectivity index is 1.42. The maximum Gasteiger partial charge on any atom is 0.410 e. The second-order valence-electron chi connectivity index (χ2n) is 8.54. The quantitative estimate of drug-likeness (QED) is 0.757. The van der Waals surface area contributed by atoms with E-state index in [0.717, 1.165) is 25.7 Å². The van der Waals surface area contributed by atoms with Gasteiger partial charge in [0.1, 0.15) is 12.6 Å². The summed E-state index contributed by atoms with van der Waals surface area (Å²) in [6, 6.07) is 7.49. The molecule has 5 nitrogen and oxygen atoms in total. The van der Waals surface area contributed by atoms with Crippen LogP contribution >= 0.6 is 0 Å². The van der Waals surface area contributed by atoms with E-state index < -0.39 is 18.1 Å². The lowest BCUT2D eigenvalue weighted by atomic mass is 9.84. The average molecular weight is 395 g/mol. The molecule has 1 saturated carbocycles. The summed E-state index contributed by atoms with van der Waals surface area (Å²) >= 11 is 0. The summed E-state index contributed by atoms with van der Waals surface area (Å²) in [5, 5.41) is 9.65. The number of allylic oxidation sites excluding steroid dienone is 4. The van der Waals surface area contributed by atoms with E-state index in [1.165, 1.54) is 16.0 Å². The number of benzene rings is 1. The number of carbonyl (C=O) groups excluding carboxylic acids is 1. The zero-order valence-electron chi connectivity index (χ0n) is 16.9. The number of fused-ring (bicyclic) bond motifs is 3. The van der Waals surface area contributed by atoms with Crippen molar-refractivity contribution in [2.75, 3.05) is 13.7 Å². The first-order valence-electron chi connectivity index (χ1n) is 10.6. The molecular formula is C24H29NO4. The minimum atomic E-state index is -0.956. The Bertz CT molecular complexity index is 824. The van der Waals surface area contributed by atoms with E-state index in [-0.39, 0.29) is 18.4 Å². The van der Waals surface area contributed by atoms with Crippen molar-refractivity contribution in [2.45, 2.75) is 50.0 Å². The highest BCUT2D eigenvalue weighted by Gasteiger charge is 2.39. The molecule has 0 aliphatic heterocycles. The number of nitrogens with zero attached hydrogens (tertiary/aromatic N) is 1. The molecule has 0 bridgehead atoms. The van der Waals surface area contributed by atoms with E-state index in [4.69, 9.17) is 4.74 Å². The monoisotopic (exact) mass is 395 g/mol. The van der Waals surface area contributed by atoms with Gasteiger partial charge in [0.15, 0.2) is 0 Å². The molecule has 3 unspecified atom stereocenters. The van der Waals surface area contributed by atoms with Crippen LogP contribution in [0.5, 0.6) is 0 Å². The number of amides is 1. The fourth-order valence-electron chi connectivity index (χ4n) is 5.26. The number of carbonyl (C=O) groups is 2. The molecule has 0 aromatic heterocycles. The molecule has 4 atom stereocenters. The molecule has 1 aromatic rings. The Morgan fingerprint density at radius 3 is 2.55 bits per heavy atom. The number of carboxylic acid groups (broad SMARTS) is 1. The number of hydrogen-bond donors (Lipinski definition) is 1. The highest BCUT2D eigenvalue weighted by Crippen LogP contribution is 2.49. The predicted molar refractivity (Wildman–Crippen MR) is 111 cm³/mol. The van der Waals surface area contributed by atoms with E-state index in [9.17, 15) is 14.7 Å². The zero-order valence-corrected chi connectivity index (χ0v) is 16.9. The molecule has 0 radical (unpaired) electrons. The number of rotatable bonds is 6. The predicted octanol–water partition coefficient (Wildman–Crippen LogP) is 4.71. The Labute approximate surface area is 172 Å². The third kappa shape index (κ3) is 3.96. The van der Waals surface area contributed by atoms with Gasteiger partial charge >= 0.3 is 12.1 Å². The first-order chi connectivity index (χ1) is 14.1. The third-order valence-corrected chi connectivity index (χ3v) is 6.86. The van der Waals surface area contributed by atoms with Gasteiger partial charge in [-0.1, -0.05) is 74.3 Å². The van der Waals surface area contributed by atoms with Gasteiger partial charge in [-0.15, -0.1) is 0 Å². The van der Waals surface area contributed by atoms with E-state index in [1.807, 2.05) is 12.1 Å². The van der Waals surface area contributed by atoms with Crippen LogP contribution in [0.2, 0.25) is 0 Å². The summed E-state index contributed by atoms with van der Waals surface area (Å²) in [5.74, 6) is 0.0971. The summed E-state index contributed by atoms with van der Waals surface area (Å²) in [5.41, 5.74) is 2.51. The molecule has 1 aromatic carbocycles. The topological polar surface area (TPSA) is 66.8 Å². The van der Waals surface area contributed by atoms with Crippen LogP contribution in [0.3, 0.4) is 0 Å². The summed E-state index contributed by atoms with van der Waals surface area (Å²) in [4.78, 5) is 25.8. The largest absolute Gasteiger partial charge is 0.480 e. The molecule has 1 amide bonds. The van der Waals surface area contributed by atoms with Crippen molar-refractivity contribution in [3.05, 3.63) is 59.7 Å². The summed E-state index contributed by atoms with van der Waals surface area (Å²) in [7, 11) is 1.55. The number of likely N-dealkylation sites (N-methyl/N-ethyl adjacent to an activating group) is 1. The first kappa shape index (κ1) is 19.7. The fourth-order valence-corrected chi connectivity index (χ4v) is 5.26. The lowest BCUT2D eigenvalue weighted by molar-refractivity contribution is -0.143. The van der Waals surface area contributed by atoms with Crippen LogP contribution in [-0.4, -0.2) is 41.8 Å². The van der Waals surface area contributed by atoms with Crippen molar-refractivity contribution in [1.82, 2.24) is 4.90 Å². The minimum Gasteiger partial charge on any atom is -0.480 e. The number of ether oxygens (including phenoxy) is 1. The summed E-state index contributed by atoms with van der Waals surface area (Å²) in [6.07, 6.45) is 12.9. The molecule has 1 fully saturated rings. The lowest BCUT2D eigenvalue weighted by Crippen LogP contribution is -2.44. The number of hydrogen-bond acceptors (Lipinski definition) is 3. The van der Waals surface area contributed by atoms with Crippen LogP contribution in [0.25, 0.3) is 0 Å². The molecule has 5 heteroatoms. The van der Waals surface area contributed by atoms with Crippen LogP contribution < -0.4 is 0 Å². The van der Waals surface area contributed by atoms with Gasteiger partial charge in [-0.05, 0) is 29.4 Å². The van der Waals surface area contributed by atoms with Crippen LogP contribution in [-0.2, 0) is 9.53 Å². The van der Waals surface area contributed by atoms with Gasteiger partial charge in [0, 0.05) is 18.9 Å². The molecule has 0 spiro atoms. The van der Waals surface area contributed by atoms with Gasteiger partial charge in [0.2, 0.25) is 0 Å². The standard InChI is InChI=1S/C24H29NO4/c1-25(22(23(26)27)14-16-8-2-3-9-16)24(28)29-15-21-19-12-6-4-10-17(19)18-11-5-7-13-20(18)21/h4-7,10-13,16-17,19,21-22H,2-3,8-9,14-15H2,1H3,(H,26,27)/t17?,19?,21?,22-/m0/s1. The van der Waals surface area contributed by atoms with Gasteiger partial charge in [0.05, 0.1) is 0 Å². The molecular weight excluding hydrogens is 366 g/mol. The zero-order chi connectivity index (χ0) is 20.4. The van der Waals surface area contributed by atoms with Crippen LogP contribution in [0.1, 0.15) is 55.1 Å². The van der Waals surface area contributed by atoms with Crippen molar-refractivity contribution < 1.29 is 19.4 Å². The van der Waals surface area contributed by atoms with Crippen LogP contribution in [0.4, 0.5) is 4.79 Å². The molecule has 0 saturated heterocycles. The molecule has 0 heterocycles. The van der Waals surface area contributed by atoms with Gasteiger partial charge in [-0.2, -0.15) is 0 Å². The normalized spacial score (nSPS) is 26.0. The molecule has 3 aliphatic rings. The Morgan fingerprint density at radius 2 is 1.83 bits per heavy atom. The third-order valence-electron chi connectivity index (χ3n) is 6.86. The molecule has 154 valence electrons.